The normalized spacial score (nSPS) is 15.5. The van der Waals surface area contributed by atoms with Crippen LogP contribution in [0.15, 0.2) is 29.1 Å². The Labute approximate surface area is 155 Å². The van der Waals surface area contributed by atoms with E-state index in [-0.39, 0.29) is 11.5 Å². The first-order chi connectivity index (χ1) is 12.6. The molecule has 2 aromatic rings. The third-order valence-corrected chi connectivity index (χ3v) is 5.24. The lowest BCUT2D eigenvalue weighted by atomic mass is 10.1. The van der Waals surface area contributed by atoms with Crippen molar-refractivity contribution >= 4 is 16.8 Å². The summed E-state index contributed by atoms with van der Waals surface area (Å²) in [5.41, 5.74) is 2.61. The third kappa shape index (κ3) is 4.52. The first-order valence-corrected chi connectivity index (χ1v) is 9.69. The molecule has 1 N–H and O–H groups in total. The highest BCUT2D eigenvalue weighted by molar-refractivity contribution is 5.80. The number of aryl methyl sites for hydroxylation is 2. The van der Waals surface area contributed by atoms with Gasteiger partial charge in [0.15, 0.2) is 0 Å². The second-order valence-electron chi connectivity index (χ2n) is 7.29. The average Bonchev–Trinajstić information content (AvgIpc) is 2.65. The summed E-state index contributed by atoms with van der Waals surface area (Å²) in [6.07, 6.45) is 3.32. The largest absolute Gasteiger partial charge is 0.340 e. The molecule has 5 nitrogen and oxygen atoms in total. The van der Waals surface area contributed by atoms with E-state index in [1.54, 1.807) is 0 Å². The highest BCUT2D eigenvalue weighted by Crippen LogP contribution is 2.14. The van der Waals surface area contributed by atoms with Gasteiger partial charge in [-0.2, -0.15) is 0 Å². The van der Waals surface area contributed by atoms with Gasteiger partial charge in [0, 0.05) is 43.7 Å². The zero-order valence-corrected chi connectivity index (χ0v) is 15.9. The van der Waals surface area contributed by atoms with Gasteiger partial charge in [0.05, 0.1) is 0 Å². The number of H-pyrrole nitrogens is 1. The summed E-state index contributed by atoms with van der Waals surface area (Å²) in [7, 11) is 0. The monoisotopic (exact) mass is 355 g/mol. The minimum absolute atomic E-state index is 0.0847. The molecule has 1 aliphatic rings. The van der Waals surface area contributed by atoms with Crippen molar-refractivity contribution in [1.29, 1.82) is 0 Å². The van der Waals surface area contributed by atoms with E-state index in [1.807, 2.05) is 30.0 Å². The molecule has 0 radical (unpaired) electrons. The highest BCUT2D eigenvalue weighted by Gasteiger charge is 2.20. The van der Waals surface area contributed by atoms with E-state index in [0.29, 0.717) is 18.4 Å². The number of aromatic amines is 1. The number of hydrogen-bond donors (Lipinski definition) is 1. The molecule has 2 heterocycles. The van der Waals surface area contributed by atoms with Gasteiger partial charge in [0.2, 0.25) is 5.91 Å². The van der Waals surface area contributed by atoms with Gasteiger partial charge in [0.25, 0.3) is 5.56 Å². The molecule has 1 aliphatic heterocycles. The molecule has 26 heavy (non-hydrogen) atoms. The van der Waals surface area contributed by atoms with Gasteiger partial charge in [-0.3, -0.25) is 14.5 Å². The molecule has 0 atom stereocenters. The van der Waals surface area contributed by atoms with Crippen LogP contribution in [0.1, 0.15) is 37.3 Å². The summed E-state index contributed by atoms with van der Waals surface area (Å²) in [5.74, 6) is 0.156. The summed E-state index contributed by atoms with van der Waals surface area (Å²) in [6, 6.07) is 7.91. The van der Waals surface area contributed by atoms with E-state index in [2.05, 4.69) is 22.9 Å². The van der Waals surface area contributed by atoms with Crippen LogP contribution in [0, 0.1) is 6.92 Å². The van der Waals surface area contributed by atoms with E-state index in [1.165, 1.54) is 12.8 Å². The molecule has 5 heteroatoms. The molecule has 0 spiro atoms. The average molecular weight is 355 g/mol. The topological polar surface area (TPSA) is 56.4 Å². The van der Waals surface area contributed by atoms with Crippen molar-refractivity contribution < 1.29 is 4.79 Å². The van der Waals surface area contributed by atoms with Crippen LogP contribution in [0.4, 0.5) is 0 Å². The van der Waals surface area contributed by atoms with Crippen molar-refractivity contribution in [1.82, 2.24) is 14.8 Å². The van der Waals surface area contributed by atoms with Crippen molar-refractivity contribution in [2.75, 3.05) is 32.7 Å². The van der Waals surface area contributed by atoms with Crippen LogP contribution in [-0.2, 0) is 11.2 Å². The van der Waals surface area contributed by atoms with Gasteiger partial charge in [-0.1, -0.05) is 25.0 Å². The molecule has 0 bridgehead atoms. The van der Waals surface area contributed by atoms with Gasteiger partial charge >= 0.3 is 0 Å². The standard InChI is InChI=1S/C21H29N3O2/c1-3-4-9-23-10-12-24(13-11-23)20(25)8-6-17-15-18-14-16(2)5-7-19(18)22-21(17)26/h5,7,14-15H,3-4,6,8-13H2,1-2H3,(H,22,26). The van der Waals surface area contributed by atoms with Crippen molar-refractivity contribution in [2.45, 2.75) is 39.5 Å². The summed E-state index contributed by atoms with van der Waals surface area (Å²) in [5, 5.41) is 1.02. The van der Waals surface area contributed by atoms with Crippen molar-refractivity contribution in [3.63, 3.8) is 0 Å². The number of aromatic nitrogens is 1. The van der Waals surface area contributed by atoms with Crippen LogP contribution in [-0.4, -0.2) is 53.4 Å². The van der Waals surface area contributed by atoms with Gasteiger partial charge < -0.3 is 9.88 Å². The van der Waals surface area contributed by atoms with Gasteiger partial charge in [-0.25, -0.2) is 0 Å². The number of carbonyl (C=O) groups is 1. The zero-order valence-electron chi connectivity index (χ0n) is 15.9. The number of carbonyl (C=O) groups excluding carboxylic acids is 1. The SMILES string of the molecule is CCCCN1CCN(C(=O)CCc2cc3cc(C)ccc3[nH]c2=O)CC1. The Morgan fingerprint density at radius 3 is 2.65 bits per heavy atom. The number of benzene rings is 1. The lowest BCUT2D eigenvalue weighted by Crippen LogP contribution is -2.48. The van der Waals surface area contributed by atoms with E-state index in [9.17, 15) is 9.59 Å². The predicted molar refractivity (Wildman–Crippen MR) is 106 cm³/mol. The molecular weight excluding hydrogens is 326 g/mol. The van der Waals surface area contributed by atoms with E-state index in [0.717, 1.165) is 49.2 Å². The summed E-state index contributed by atoms with van der Waals surface area (Å²) in [4.78, 5) is 32.1. The molecule has 1 amide bonds. The Morgan fingerprint density at radius 1 is 1.15 bits per heavy atom. The van der Waals surface area contributed by atoms with Crippen LogP contribution in [0.2, 0.25) is 0 Å². The first-order valence-electron chi connectivity index (χ1n) is 9.69. The number of fused-ring (bicyclic) bond motifs is 1. The number of nitrogens with one attached hydrogen (secondary N) is 1. The number of hydrogen-bond acceptors (Lipinski definition) is 3. The Balaban J connectivity index is 1.57. The van der Waals surface area contributed by atoms with Crippen LogP contribution >= 0.6 is 0 Å². The van der Waals surface area contributed by atoms with Crippen molar-refractivity contribution in [3.8, 4) is 0 Å². The van der Waals surface area contributed by atoms with Crippen LogP contribution in [0.3, 0.4) is 0 Å². The summed E-state index contributed by atoms with van der Waals surface area (Å²) < 4.78 is 0. The van der Waals surface area contributed by atoms with Gasteiger partial charge in [0.1, 0.15) is 0 Å². The highest BCUT2D eigenvalue weighted by atomic mass is 16.2. The number of rotatable bonds is 6. The predicted octanol–water partition coefficient (Wildman–Crippen LogP) is 2.71. The van der Waals surface area contributed by atoms with Crippen LogP contribution in [0.5, 0.6) is 0 Å². The summed E-state index contributed by atoms with van der Waals surface area (Å²) >= 11 is 0. The van der Waals surface area contributed by atoms with Crippen molar-refractivity contribution in [3.05, 3.63) is 45.7 Å². The quantitative estimate of drug-likeness (QED) is 0.867. The van der Waals surface area contributed by atoms with Gasteiger partial charge in [-0.15, -0.1) is 0 Å². The molecule has 0 saturated carbocycles. The molecule has 1 fully saturated rings. The Hall–Kier alpha value is -2.14. The fraction of sp³-hybridized carbons (Fsp3) is 0.524. The fourth-order valence-corrected chi connectivity index (χ4v) is 3.56. The van der Waals surface area contributed by atoms with E-state index >= 15 is 0 Å². The molecule has 0 unspecified atom stereocenters. The molecule has 3 rings (SSSR count). The number of nitrogens with zero attached hydrogens (tertiary/aromatic N) is 2. The second-order valence-corrected chi connectivity index (χ2v) is 7.29. The van der Waals surface area contributed by atoms with Gasteiger partial charge in [-0.05, 0) is 49.9 Å². The number of pyridine rings is 1. The molecular formula is C21H29N3O2. The maximum absolute atomic E-state index is 12.5. The molecule has 1 saturated heterocycles. The zero-order chi connectivity index (χ0) is 18.5. The fourth-order valence-electron chi connectivity index (χ4n) is 3.56. The number of unbranched alkanes of at least 4 members (excludes halogenated alkanes) is 1. The first kappa shape index (κ1) is 18.6. The number of piperazine rings is 1. The molecule has 1 aromatic heterocycles. The van der Waals surface area contributed by atoms with E-state index < -0.39 is 0 Å². The maximum Gasteiger partial charge on any atom is 0.251 e. The Morgan fingerprint density at radius 2 is 1.92 bits per heavy atom. The summed E-state index contributed by atoms with van der Waals surface area (Å²) in [6.45, 7) is 8.89. The van der Waals surface area contributed by atoms with E-state index in [4.69, 9.17) is 0 Å². The smallest absolute Gasteiger partial charge is 0.251 e. The maximum atomic E-state index is 12.5. The third-order valence-electron chi connectivity index (χ3n) is 5.24. The minimum atomic E-state index is -0.0847. The second kappa shape index (κ2) is 8.49. The minimum Gasteiger partial charge on any atom is -0.340 e. The van der Waals surface area contributed by atoms with Crippen LogP contribution in [0.25, 0.3) is 10.9 Å². The lowest BCUT2D eigenvalue weighted by molar-refractivity contribution is -0.132. The lowest BCUT2D eigenvalue weighted by Gasteiger charge is -2.34. The molecule has 0 aliphatic carbocycles. The Kier molecular flexibility index (Phi) is 6.09. The van der Waals surface area contributed by atoms with Crippen LogP contribution < -0.4 is 5.56 Å². The Bertz CT molecular complexity index is 820. The number of amides is 1. The molecule has 140 valence electrons. The molecule has 1 aromatic carbocycles. The van der Waals surface area contributed by atoms with Crippen molar-refractivity contribution in [2.24, 2.45) is 0 Å².